The van der Waals surface area contributed by atoms with Crippen LogP contribution in [0.15, 0.2) is 48.5 Å². The predicted octanol–water partition coefficient (Wildman–Crippen LogP) is 4.35. The molecular weight excluding hydrogens is 347 g/mol. The van der Waals surface area contributed by atoms with Crippen molar-refractivity contribution >= 4 is 45.6 Å². The van der Waals surface area contributed by atoms with Crippen molar-refractivity contribution in [3.05, 3.63) is 63.4 Å². The van der Waals surface area contributed by atoms with Gasteiger partial charge in [0, 0.05) is 16.0 Å². The van der Waals surface area contributed by atoms with Crippen LogP contribution in [0.4, 0.5) is 0 Å². The number of fused-ring (bicyclic) bond motifs is 1. The van der Waals surface area contributed by atoms with Crippen molar-refractivity contribution < 1.29 is 0 Å². The van der Waals surface area contributed by atoms with Crippen LogP contribution in [0.25, 0.3) is 23.1 Å². The average molecular weight is 360 g/mol. The Kier molecular flexibility index (Phi) is 3.38. The van der Waals surface area contributed by atoms with Crippen molar-refractivity contribution in [3.8, 4) is 0 Å². The largest absolute Gasteiger partial charge is 0.267 e. The third-order valence-corrected chi connectivity index (χ3v) is 3.75. The van der Waals surface area contributed by atoms with Crippen molar-refractivity contribution in [1.29, 1.82) is 0 Å². The third kappa shape index (κ3) is 2.56. The van der Waals surface area contributed by atoms with Gasteiger partial charge in [0.05, 0.1) is 11.2 Å². The van der Waals surface area contributed by atoms with E-state index in [0.717, 1.165) is 5.69 Å². The summed E-state index contributed by atoms with van der Waals surface area (Å²) in [5.41, 5.74) is 3.36. The van der Waals surface area contributed by atoms with Gasteiger partial charge in [-0.25, -0.2) is 0 Å². The summed E-state index contributed by atoms with van der Waals surface area (Å²) in [7, 11) is 1.98. The molecule has 0 aliphatic heterocycles. The first-order chi connectivity index (χ1) is 9.24. The van der Waals surface area contributed by atoms with Gasteiger partial charge in [0.15, 0.2) is 0 Å². The van der Waals surface area contributed by atoms with Gasteiger partial charge in [-0.15, -0.1) is 0 Å². The van der Waals surface area contributed by atoms with E-state index in [0.29, 0.717) is 0 Å². The van der Waals surface area contributed by atoms with E-state index in [-0.39, 0.29) is 0 Å². The van der Waals surface area contributed by atoms with Crippen molar-refractivity contribution in [2.24, 2.45) is 7.05 Å². The Balaban J connectivity index is 2.04. The first-order valence-electron chi connectivity index (χ1n) is 6.09. The zero-order chi connectivity index (χ0) is 13.2. The normalized spacial score (nSPS) is 11.5. The highest BCUT2D eigenvalue weighted by Crippen LogP contribution is 2.22. The molecule has 0 amide bonds. The summed E-state index contributed by atoms with van der Waals surface area (Å²) in [5, 5.41) is 5.76. The van der Waals surface area contributed by atoms with Gasteiger partial charge in [-0.1, -0.05) is 36.4 Å². The van der Waals surface area contributed by atoms with Gasteiger partial charge in [-0.2, -0.15) is 5.10 Å². The fourth-order valence-electron chi connectivity index (χ4n) is 2.12. The molecule has 19 heavy (non-hydrogen) atoms. The smallest absolute Gasteiger partial charge is 0.0929 e. The summed E-state index contributed by atoms with van der Waals surface area (Å²) < 4.78 is 3.16. The zero-order valence-electron chi connectivity index (χ0n) is 10.5. The monoisotopic (exact) mass is 360 g/mol. The van der Waals surface area contributed by atoms with Gasteiger partial charge in [0.1, 0.15) is 0 Å². The lowest BCUT2D eigenvalue weighted by molar-refractivity contribution is 0.793. The van der Waals surface area contributed by atoms with Gasteiger partial charge in [-0.3, -0.25) is 4.68 Å². The lowest BCUT2D eigenvalue weighted by Crippen LogP contribution is -1.89. The maximum absolute atomic E-state index is 4.57. The maximum Gasteiger partial charge on any atom is 0.0929 e. The topological polar surface area (TPSA) is 17.8 Å². The van der Waals surface area contributed by atoms with E-state index in [1.54, 1.807) is 0 Å². The fraction of sp³-hybridized carbons (Fsp3) is 0.0625. The highest BCUT2D eigenvalue weighted by molar-refractivity contribution is 14.1. The van der Waals surface area contributed by atoms with E-state index in [9.17, 15) is 0 Å². The van der Waals surface area contributed by atoms with Gasteiger partial charge in [-0.05, 0) is 52.4 Å². The van der Waals surface area contributed by atoms with Crippen molar-refractivity contribution in [2.75, 3.05) is 0 Å². The van der Waals surface area contributed by atoms with Gasteiger partial charge in [0.25, 0.3) is 0 Å². The molecule has 0 atom stereocenters. The van der Waals surface area contributed by atoms with E-state index < -0.39 is 0 Å². The van der Waals surface area contributed by atoms with Gasteiger partial charge < -0.3 is 0 Å². The van der Waals surface area contributed by atoms with Crippen LogP contribution in [0.3, 0.4) is 0 Å². The molecule has 3 rings (SSSR count). The van der Waals surface area contributed by atoms with Crippen LogP contribution < -0.4 is 0 Å². The Labute approximate surface area is 125 Å². The van der Waals surface area contributed by atoms with Crippen molar-refractivity contribution in [3.63, 3.8) is 0 Å². The molecule has 0 N–H and O–H groups in total. The lowest BCUT2D eigenvalue weighted by Gasteiger charge is -1.94. The van der Waals surface area contributed by atoms with Gasteiger partial charge >= 0.3 is 0 Å². The third-order valence-electron chi connectivity index (χ3n) is 3.08. The van der Waals surface area contributed by atoms with E-state index in [4.69, 9.17) is 0 Å². The summed E-state index contributed by atoms with van der Waals surface area (Å²) >= 11 is 2.33. The molecule has 0 aliphatic carbocycles. The molecular formula is C16H13IN2. The number of rotatable bonds is 2. The van der Waals surface area contributed by atoms with Crippen LogP contribution in [-0.2, 0) is 7.05 Å². The molecule has 2 nitrogen and oxygen atoms in total. The van der Waals surface area contributed by atoms with E-state index in [1.807, 2.05) is 29.9 Å². The number of hydrogen-bond acceptors (Lipinski definition) is 1. The first kappa shape index (κ1) is 12.4. The van der Waals surface area contributed by atoms with Crippen LogP contribution in [0.5, 0.6) is 0 Å². The summed E-state index contributed by atoms with van der Waals surface area (Å²) in [5.74, 6) is 0. The molecule has 1 heterocycles. The SMILES string of the molecule is Cn1nc(/C=C/c2ccccc2)c2ccc(I)cc21. The van der Waals surface area contributed by atoms with Crippen LogP contribution >= 0.6 is 22.6 Å². The molecule has 0 saturated carbocycles. The lowest BCUT2D eigenvalue weighted by atomic mass is 10.1. The summed E-state index contributed by atoms with van der Waals surface area (Å²) in [6, 6.07) is 16.7. The van der Waals surface area contributed by atoms with Gasteiger partial charge in [0.2, 0.25) is 0 Å². The minimum Gasteiger partial charge on any atom is -0.267 e. The van der Waals surface area contributed by atoms with Crippen LogP contribution in [-0.4, -0.2) is 9.78 Å². The molecule has 0 aliphatic rings. The van der Waals surface area contributed by atoms with E-state index in [2.05, 4.69) is 70.2 Å². The van der Waals surface area contributed by atoms with Crippen LogP contribution in [0.2, 0.25) is 0 Å². The second kappa shape index (κ2) is 5.17. The fourth-order valence-corrected chi connectivity index (χ4v) is 2.60. The standard InChI is InChI=1S/C16H13IN2/c1-19-16-11-13(17)8-9-14(16)15(18-19)10-7-12-5-3-2-4-6-12/h2-11H,1H3/b10-7+. The number of benzene rings is 2. The van der Waals surface area contributed by atoms with Crippen LogP contribution in [0.1, 0.15) is 11.3 Å². The summed E-state index contributed by atoms with van der Waals surface area (Å²) in [6.07, 6.45) is 4.17. The molecule has 0 spiro atoms. The van der Waals surface area contributed by atoms with Crippen molar-refractivity contribution in [2.45, 2.75) is 0 Å². The van der Waals surface area contributed by atoms with E-state index in [1.165, 1.54) is 20.0 Å². The highest BCUT2D eigenvalue weighted by Gasteiger charge is 2.05. The second-order valence-corrected chi connectivity index (χ2v) is 5.66. The van der Waals surface area contributed by atoms with Crippen molar-refractivity contribution in [1.82, 2.24) is 9.78 Å². The Morgan fingerprint density at radius 3 is 2.63 bits per heavy atom. The minimum absolute atomic E-state index is 1.01. The number of aromatic nitrogens is 2. The number of hydrogen-bond donors (Lipinski definition) is 0. The highest BCUT2D eigenvalue weighted by atomic mass is 127. The number of halogens is 1. The summed E-state index contributed by atoms with van der Waals surface area (Å²) in [4.78, 5) is 0. The molecule has 3 heteroatoms. The second-order valence-electron chi connectivity index (χ2n) is 4.41. The molecule has 1 aromatic heterocycles. The molecule has 0 bridgehead atoms. The Morgan fingerprint density at radius 2 is 1.84 bits per heavy atom. The average Bonchev–Trinajstić information content (AvgIpc) is 2.74. The molecule has 2 aromatic carbocycles. The molecule has 0 unspecified atom stereocenters. The first-order valence-corrected chi connectivity index (χ1v) is 7.17. The Hall–Kier alpha value is -1.62. The molecule has 0 fully saturated rings. The Bertz CT molecular complexity index is 742. The number of nitrogens with zero attached hydrogens (tertiary/aromatic N) is 2. The zero-order valence-corrected chi connectivity index (χ0v) is 12.7. The molecule has 0 radical (unpaired) electrons. The predicted molar refractivity (Wildman–Crippen MR) is 88.8 cm³/mol. The molecule has 0 saturated heterocycles. The molecule has 3 aromatic rings. The van der Waals surface area contributed by atoms with E-state index >= 15 is 0 Å². The maximum atomic E-state index is 4.57. The minimum atomic E-state index is 1.01. The quantitative estimate of drug-likeness (QED) is 0.622. The summed E-state index contributed by atoms with van der Waals surface area (Å²) in [6.45, 7) is 0. The molecule has 94 valence electrons. The Morgan fingerprint density at radius 1 is 1.05 bits per heavy atom. The number of aryl methyl sites for hydroxylation is 1. The van der Waals surface area contributed by atoms with Crippen LogP contribution in [0, 0.1) is 3.57 Å².